The molecule has 0 unspecified atom stereocenters. The molecule has 2 N–H and O–H groups in total. The Kier molecular flexibility index (Phi) is 5.00. The van der Waals surface area contributed by atoms with Crippen LogP contribution >= 0.6 is 0 Å². The highest BCUT2D eigenvalue weighted by molar-refractivity contribution is 7.89. The number of benzene rings is 1. The number of hydrogen-bond acceptors (Lipinski definition) is 3. The van der Waals surface area contributed by atoms with E-state index in [1.54, 1.807) is 0 Å². The molecule has 5 nitrogen and oxygen atoms in total. The predicted octanol–water partition coefficient (Wildman–Crippen LogP) is 2.56. The molecule has 0 bridgehead atoms. The van der Waals surface area contributed by atoms with E-state index in [1.165, 1.54) is 0 Å². The average molecular weight is 309 g/mol. The fourth-order valence-electron chi connectivity index (χ4n) is 2.20. The normalized spacial score (nSPS) is 12.4. The van der Waals surface area contributed by atoms with Gasteiger partial charge in [-0.05, 0) is 30.5 Å². The van der Waals surface area contributed by atoms with E-state index >= 15 is 0 Å². The predicted molar refractivity (Wildman–Crippen MR) is 86.0 cm³/mol. The van der Waals surface area contributed by atoms with Gasteiger partial charge in [0.1, 0.15) is 5.82 Å². The van der Waals surface area contributed by atoms with Crippen molar-refractivity contribution < 1.29 is 8.42 Å². The maximum atomic E-state index is 11.6. The Morgan fingerprint density at radius 2 is 2.10 bits per heavy atom. The van der Waals surface area contributed by atoms with Gasteiger partial charge in [-0.25, -0.2) is 18.1 Å². The van der Waals surface area contributed by atoms with Gasteiger partial charge in [-0.15, -0.1) is 0 Å². The largest absolute Gasteiger partial charge is 0.342 e. The van der Waals surface area contributed by atoms with Gasteiger partial charge >= 0.3 is 0 Å². The molecule has 2 rings (SSSR count). The zero-order valence-corrected chi connectivity index (χ0v) is 13.6. The van der Waals surface area contributed by atoms with Crippen LogP contribution in [0.25, 0.3) is 11.0 Å². The van der Waals surface area contributed by atoms with Gasteiger partial charge in [-0.1, -0.05) is 26.8 Å². The second-order valence-corrected chi connectivity index (χ2v) is 7.52. The zero-order valence-electron chi connectivity index (χ0n) is 12.8. The number of aromatic nitrogens is 2. The summed E-state index contributed by atoms with van der Waals surface area (Å²) in [7, 11) is -3.12. The van der Waals surface area contributed by atoms with Crippen LogP contribution in [0.1, 0.15) is 44.5 Å². The molecule has 0 saturated heterocycles. The van der Waals surface area contributed by atoms with Gasteiger partial charge in [0, 0.05) is 12.5 Å². The van der Waals surface area contributed by atoms with Crippen LogP contribution in [0.4, 0.5) is 0 Å². The lowest BCUT2D eigenvalue weighted by atomic mass is 10.1. The van der Waals surface area contributed by atoms with Crippen molar-refractivity contribution in [3.8, 4) is 0 Å². The molecular weight excluding hydrogens is 286 g/mol. The molecule has 1 heterocycles. The minimum Gasteiger partial charge on any atom is -0.342 e. The number of aromatic amines is 1. The lowest BCUT2D eigenvalue weighted by Crippen LogP contribution is -2.28. The number of hydrogen-bond donors (Lipinski definition) is 2. The lowest BCUT2D eigenvalue weighted by molar-refractivity contribution is 0.580. The molecule has 116 valence electrons. The molecule has 0 aliphatic rings. The van der Waals surface area contributed by atoms with Gasteiger partial charge in [0.2, 0.25) is 10.0 Å². The van der Waals surface area contributed by atoms with Gasteiger partial charge in [0.15, 0.2) is 0 Å². The molecule has 21 heavy (non-hydrogen) atoms. The first-order chi connectivity index (χ1) is 9.91. The van der Waals surface area contributed by atoms with Crippen LogP contribution in [0.2, 0.25) is 0 Å². The highest BCUT2D eigenvalue weighted by atomic mass is 32.2. The minimum atomic E-state index is -3.12. The molecular formula is C15H23N3O2S. The number of H-pyrrole nitrogens is 1. The van der Waals surface area contributed by atoms with Crippen LogP contribution in [0.15, 0.2) is 18.2 Å². The Balaban J connectivity index is 2.03. The standard InChI is InChI=1S/C15H23N3O2S/c1-4-9-21(19,20)16-8-7-12-5-6-13-14(10-12)18-15(17-13)11(2)3/h5-6,10-11,16H,4,7-9H2,1-3H3,(H,17,18). The molecule has 1 aromatic heterocycles. The Morgan fingerprint density at radius 3 is 2.76 bits per heavy atom. The van der Waals surface area contributed by atoms with Gasteiger partial charge in [-0.3, -0.25) is 0 Å². The fraction of sp³-hybridized carbons (Fsp3) is 0.533. The molecule has 1 aromatic carbocycles. The van der Waals surface area contributed by atoms with Crippen molar-refractivity contribution in [1.29, 1.82) is 0 Å². The summed E-state index contributed by atoms with van der Waals surface area (Å²) in [5.41, 5.74) is 3.06. The monoisotopic (exact) mass is 309 g/mol. The number of fused-ring (bicyclic) bond motifs is 1. The van der Waals surface area contributed by atoms with Crippen molar-refractivity contribution in [2.45, 2.75) is 39.5 Å². The van der Waals surface area contributed by atoms with Gasteiger partial charge in [0.25, 0.3) is 0 Å². The summed E-state index contributed by atoms with van der Waals surface area (Å²) in [5, 5.41) is 0. The molecule has 0 fully saturated rings. The Morgan fingerprint density at radius 1 is 1.33 bits per heavy atom. The molecule has 0 spiro atoms. The van der Waals surface area contributed by atoms with Crippen LogP contribution in [0.5, 0.6) is 0 Å². The Hall–Kier alpha value is -1.40. The fourth-order valence-corrected chi connectivity index (χ4v) is 3.29. The topological polar surface area (TPSA) is 74.8 Å². The second-order valence-electron chi connectivity index (χ2n) is 5.59. The maximum Gasteiger partial charge on any atom is 0.211 e. The van der Waals surface area contributed by atoms with Crippen molar-refractivity contribution in [2.75, 3.05) is 12.3 Å². The van der Waals surface area contributed by atoms with Crippen molar-refractivity contribution >= 4 is 21.1 Å². The van der Waals surface area contributed by atoms with E-state index in [-0.39, 0.29) is 5.75 Å². The zero-order chi connectivity index (χ0) is 15.5. The van der Waals surface area contributed by atoms with Gasteiger partial charge < -0.3 is 4.98 Å². The third-order valence-electron chi connectivity index (χ3n) is 3.32. The molecule has 6 heteroatoms. The van der Waals surface area contributed by atoms with Crippen molar-refractivity contribution in [3.63, 3.8) is 0 Å². The van der Waals surface area contributed by atoms with E-state index in [2.05, 4.69) is 28.5 Å². The summed E-state index contributed by atoms with van der Waals surface area (Å²) in [6, 6.07) is 6.03. The average Bonchev–Trinajstić information content (AvgIpc) is 2.81. The van der Waals surface area contributed by atoms with Crippen LogP contribution in [-0.2, 0) is 16.4 Å². The number of rotatable bonds is 7. The number of nitrogens with zero attached hydrogens (tertiary/aromatic N) is 1. The van der Waals surface area contributed by atoms with Crippen LogP contribution < -0.4 is 4.72 Å². The third-order valence-corrected chi connectivity index (χ3v) is 4.91. The number of sulfonamides is 1. The van der Waals surface area contributed by atoms with E-state index in [9.17, 15) is 8.42 Å². The van der Waals surface area contributed by atoms with E-state index in [0.29, 0.717) is 25.3 Å². The first-order valence-electron chi connectivity index (χ1n) is 7.37. The summed E-state index contributed by atoms with van der Waals surface area (Å²) in [5.74, 6) is 1.53. The molecule has 0 amide bonds. The summed E-state index contributed by atoms with van der Waals surface area (Å²) in [6.07, 6.45) is 1.31. The van der Waals surface area contributed by atoms with E-state index < -0.39 is 10.0 Å². The maximum absolute atomic E-state index is 11.6. The van der Waals surface area contributed by atoms with Gasteiger partial charge in [0.05, 0.1) is 16.8 Å². The second kappa shape index (κ2) is 6.58. The van der Waals surface area contributed by atoms with Crippen molar-refractivity contribution in [1.82, 2.24) is 14.7 Å². The smallest absolute Gasteiger partial charge is 0.211 e. The van der Waals surface area contributed by atoms with E-state index in [4.69, 9.17) is 0 Å². The summed E-state index contributed by atoms with van der Waals surface area (Å²) >= 11 is 0. The summed E-state index contributed by atoms with van der Waals surface area (Å²) in [6.45, 7) is 6.49. The third kappa shape index (κ3) is 4.28. The summed E-state index contributed by atoms with van der Waals surface area (Å²) < 4.78 is 25.8. The number of nitrogens with one attached hydrogen (secondary N) is 2. The Bertz CT molecular complexity index is 705. The minimum absolute atomic E-state index is 0.185. The highest BCUT2D eigenvalue weighted by Gasteiger charge is 2.09. The van der Waals surface area contributed by atoms with Crippen molar-refractivity contribution in [3.05, 3.63) is 29.6 Å². The molecule has 0 saturated carbocycles. The van der Waals surface area contributed by atoms with Gasteiger partial charge in [-0.2, -0.15) is 0 Å². The quantitative estimate of drug-likeness (QED) is 0.825. The molecule has 0 atom stereocenters. The molecule has 0 aliphatic carbocycles. The molecule has 0 aliphatic heterocycles. The van der Waals surface area contributed by atoms with Crippen LogP contribution in [-0.4, -0.2) is 30.7 Å². The first kappa shape index (κ1) is 16.0. The first-order valence-corrected chi connectivity index (χ1v) is 9.02. The van der Waals surface area contributed by atoms with E-state index in [1.807, 2.05) is 25.1 Å². The van der Waals surface area contributed by atoms with Crippen molar-refractivity contribution in [2.24, 2.45) is 0 Å². The lowest BCUT2D eigenvalue weighted by Gasteiger charge is -2.05. The summed E-state index contributed by atoms with van der Waals surface area (Å²) in [4.78, 5) is 7.84. The number of imidazole rings is 1. The highest BCUT2D eigenvalue weighted by Crippen LogP contribution is 2.18. The van der Waals surface area contributed by atoms with Crippen LogP contribution in [0, 0.1) is 0 Å². The Labute approximate surface area is 126 Å². The SMILES string of the molecule is CCCS(=O)(=O)NCCc1ccc2nc(C(C)C)[nH]c2c1. The van der Waals surface area contributed by atoms with Crippen LogP contribution in [0.3, 0.4) is 0 Å². The molecule has 2 aromatic rings. The molecule has 0 radical (unpaired) electrons. The van der Waals surface area contributed by atoms with E-state index in [0.717, 1.165) is 22.4 Å².